The van der Waals surface area contributed by atoms with Gasteiger partial charge in [-0.05, 0) is 39.0 Å². The number of carboxylic acids is 1. The average Bonchev–Trinajstić information content (AvgIpc) is 2.36. The zero-order valence-electron chi connectivity index (χ0n) is 11.9. The summed E-state index contributed by atoms with van der Waals surface area (Å²) in [5.74, 6) is -0.297. The Balaban J connectivity index is 2.28. The van der Waals surface area contributed by atoms with Gasteiger partial charge >= 0.3 is 5.97 Å². The summed E-state index contributed by atoms with van der Waals surface area (Å²) in [4.78, 5) is 24.4. The third kappa shape index (κ3) is 6.57. The van der Waals surface area contributed by atoms with Gasteiger partial charge in [0.2, 0.25) is 5.91 Å². The molecule has 0 bridgehead atoms. The van der Waals surface area contributed by atoms with Gasteiger partial charge in [0, 0.05) is 19.5 Å². The van der Waals surface area contributed by atoms with E-state index in [0.29, 0.717) is 31.9 Å². The van der Waals surface area contributed by atoms with Crippen molar-refractivity contribution in [3.8, 4) is 0 Å². The van der Waals surface area contributed by atoms with Crippen LogP contribution in [0.2, 0.25) is 0 Å². The fourth-order valence-corrected chi connectivity index (χ4v) is 2.39. The molecule has 1 heterocycles. The number of hydrogen-bond donors (Lipinski definition) is 1. The normalized spacial score (nSPS) is 19.7. The van der Waals surface area contributed by atoms with Crippen LogP contribution in [0, 0.1) is 5.92 Å². The van der Waals surface area contributed by atoms with Gasteiger partial charge in [0.05, 0.1) is 19.1 Å². The molecular weight excluding hydrogens is 246 g/mol. The number of hydrogen-bond acceptors (Lipinski definition) is 3. The largest absolute Gasteiger partial charge is 0.481 e. The van der Waals surface area contributed by atoms with E-state index in [-0.39, 0.29) is 18.4 Å². The van der Waals surface area contributed by atoms with Crippen LogP contribution in [0.5, 0.6) is 0 Å². The maximum atomic E-state index is 12.0. The molecular formula is C14H25NO4. The Morgan fingerprint density at radius 1 is 1.37 bits per heavy atom. The van der Waals surface area contributed by atoms with Gasteiger partial charge in [0.15, 0.2) is 0 Å². The van der Waals surface area contributed by atoms with Crippen molar-refractivity contribution in [1.82, 2.24) is 4.90 Å². The highest BCUT2D eigenvalue weighted by molar-refractivity contribution is 5.76. The first-order valence-corrected chi connectivity index (χ1v) is 7.10. The molecule has 0 aliphatic carbocycles. The lowest BCUT2D eigenvalue weighted by atomic mass is 9.93. The lowest BCUT2D eigenvalue weighted by Crippen LogP contribution is -2.40. The number of rotatable bonds is 7. The van der Waals surface area contributed by atoms with Gasteiger partial charge in [-0.1, -0.05) is 0 Å². The lowest BCUT2D eigenvalue weighted by Gasteiger charge is -2.32. The van der Waals surface area contributed by atoms with Crippen LogP contribution in [0.1, 0.15) is 46.0 Å². The molecule has 1 unspecified atom stereocenters. The number of amides is 1. The number of likely N-dealkylation sites (tertiary alicyclic amines) is 1. The fraction of sp³-hybridized carbons (Fsp3) is 0.857. The third-order valence-electron chi connectivity index (χ3n) is 3.41. The SMILES string of the molecule is CC(C)OCCC(=O)N1CCCC(CCC(=O)O)C1. The van der Waals surface area contributed by atoms with E-state index in [4.69, 9.17) is 9.84 Å². The van der Waals surface area contributed by atoms with Crippen molar-refractivity contribution in [3.05, 3.63) is 0 Å². The Bertz CT molecular complexity index is 304. The Labute approximate surface area is 114 Å². The second kappa shape index (κ2) is 8.15. The van der Waals surface area contributed by atoms with Gasteiger partial charge in [0.1, 0.15) is 0 Å². The maximum absolute atomic E-state index is 12.0. The van der Waals surface area contributed by atoms with Crippen LogP contribution >= 0.6 is 0 Å². The van der Waals surface area contributed by atoms with E-state index in [2.05, 4.69) is 0 Å². The number of carbonyl (C=O) groups is 2. The van der Waals surface area contributed by atoms with Crippen LogP contribution in [0.15, 0.2) is 0 Å². The van der Waals surface area contributed by atoms with Gasteiger partial charge in [0.25, 0.3) is 0 Å². The van der Waals surface area contributed by atoms with Crippen LogP contribution in [0.25, 0.3) is 0 Å². The number of carbonyl (C=O) groups excluding carboxylic acids is 1. The third-order valence-corrected chi connectivity index (χ3v) is 3.41. The van der Waals surface area contributed by atoms with E-state index in [9.17, 15) is 9.59 Å². The molecule has 1 rings (SSSR count). The first-order valence-electron chi connectivity index (χ1n) is 7.10. The molecule has 0 saturated carbocycles. The maximum Gasteiger partial charge on any atom is 0.303 e. The number of piperidine rings is 1. The minimum Gasteiger partial charge on any atom is -0.481 e. The molecule has 1 fully saturated rings. The standard InChI is InChI=1S/C14H25NO4/c1-11(2)19-9-7-13(16)15-8-3-4-12(10-15)5-6-14(17)18/h11-12H,3-10H2,1-2H3,(H,17,18). The van der Waals surface area contributed by atoms with E-state index < -0.39 is 5.97 Å². The van der Waals surface area contributed by atoms with E-state index in [0.717, 1.165) is 19.4 Å². The van der Waals surface area contributed by atoms with E-state index in [1.54, 1.807) is 0 Å². The number of aliphatic carboxylic acids is 1. The molecule has 1 amide bonds. The molecule has 5 heteroatoms. The van der Waals surface area contributed by atoms with Crippen molar-refractivity contribution in [2.24, 2.45) is 5.92 Å². The van der Waals surface area contributed by atoms with Gasteiger partial charge in [-0.25, -0.2) is 0 Å². The zero-order chi connectivity index (χ0) is 14.3. The Morgan fingerprint density at radius 3 is 2.74 bits per heavy atom. The Morgan fingerprint density at radius 2 is 2.11 bits per heavy atom. The Kier molecular flexibility index (Phi) is 6.84. The first-order chi connectivity index (χ1) is 8.99. The van der Waals surface area contributed by atoms with Crippen LogP contribution in [0.3, 0.4) is 0 Å². The molecule has 5 nitrogen and oxygen atoms in total. The number of ether oxygens (including phenoxy) is 1. The zero-order valence-corrected chi connectivity index (χ0v) is 11.9. The van der Waals surface area contributed by atoms with E-state index in [1.807, 2.05) is 18.7 Å². The predicted molar refractivity (Wildman–Crippen MR) is 71.9 cm³/mol. The molecule has 19 heavy (non-hydrogen) atoms. The van der Waals surface area contributed by atoms with Crippen molar-refractivity contribution >= 4 is 11.9 Å². The second-order valence-electron chi connectivity index (χ2n) is 5.45. The van der Waals surface area contributed by atoms with Gasteiger partial charge in [-0.2, -0.15) is 0 Å². The quantitative estimate of drug-likeness (QED) is 0.768. The highest BCUT2D eigenvalue weighted by Gasteiger charge is 2.23. The van der Waals surface area contributed by atoms with Gasteiger partial charge in [-0.3, -0.25) is 9.59 Å². The van der Waals surface area contributed by atoms with Gasteiger partial charge in [-0.15, -0.1) is 0 Å². The minimum atomic E-state index is -0.756. The van der Waals surface area contributed by atoms with Crippen molar-refractivity contribution in [1.29, 1.82) is 0 Å². The summed E-state index contributed by atoms with van der Waals surface area (Å²) in [5, 5.41) is 8.69. The smallest absolute Gasteiger partial charge is 0.303 e. The first kappa shape index (κ1) is 16.0. The fourth-order valence-electron chi connectivity index (χ4n) is 2.39. The van der Waals surface area contributed by atoms with E-state index >= 15 is 0 Å². The molecule has 0 aromatic rings. The molecule has 0 radical (unpaired) electrons. The summed E-state index contributed by atoms with van der Waals surface area (Å²) in [5.41, 5.74) is 0. The van der Waals surface area contributed by atoms with Crippen molar-refractivity contribution in [2.45, 2.75) is 52.1 Å². The highest BCUT2D eigenvalue weighted by atomic mass is 16.5. The van der Waals surface area contributed by atoms with Crippen LogP contribution in [-0.2, 0) is 14.3 Å². The summed E-state index contributed by atoms with van der Waals surface area (Å²) >= 11 is 0. The van der Waals surface area contributed by atoms with Crippen LogP contribution in [0.4, 0.5) is 0 Å². The molecule has 1 saturated heterocycles. The summed E-state index contributed by atoms with van der Waals surface area (Å²) in [7, 11) is 0. The van der Waals surface area contributed by atoms with Crippen LogP contribution < -0.4 is 0 Å². The average molecular weight is 271 g/mol. The van der Waals surface area contributed by atoms with Crippen molar-refractivity contribution in [2.75, 3.05) is 19.7 Å². The van der Waals surface area contributed by atoms with E-state index in [1.165, 1.54) is 0 Å². The topological polar surface area (TPSA) is 66.8 Å². The molecule has 1 aliphatic rings. The molecule has 1 atom stereocenters. The number of carboxylic acid groups (broad SMARTS) is 1. The summed E-state index contributed by atoms with van der Waals surface area (Å²) < 4.78 is 5.38. The minimum absolute atomic E-state index is 0.126. The lowest BCUT2D eigenvalue weighted by molar-refractivity contribution is -0.137. The molecule has 0 aromatic carbocycles. The molecule has 1 aliphatic heterocycles. The van der Waals surface area contributed by atoms with Crippen molar-refractivity contribution in [3.63, 3.8) is 0 Å². The molecule has 110 valence electrons. The highest BCUT2D eigenvalue weighted by Crippen LogP contribution is 2.21. The second-order valence-corrected chi connectivity index (χ2v) is 5.45. The van der Waals surface area contributed by atoms with Gasteiger partial charge < -0.3 is 14.7 Å². The Hall–Kier alpha value is -1.10. The summed E-state index contributed by atoms with van der Waals surface area (Å²) in [6, 6.07) is 0. The monoisotopic (exact) mass is 271 g/mol. The summed E-state index contributed by atoms with van der Waals surface area (Å²) in [6.07, 6.45) is 3.44. The summed E-state index contributed by atoms with van der Waals surface area (Å²) in [6.45, 7) is 5.87. The molecule has 1 N–H and O–H groups in total. The van der Waals surface area contributed by atoms with Crippen LogP contribution in [-0.4, -0.2) is 47.7 Å². The predicted octanol–water partition coefficient (Wildman–Crippen LogP) is 1.90. The molecule has 0 spiro atoms. The number of nitrogens with zero attached hydrogens (tertiary/aromatic N) is 1. The van der Waals surface area contributed by atoms with Crippen molar-refractivity contribution < 1.29 is 19.4 Å². The molecule has 0 aromatic heterocycles.